The molecular formula is C18H25N5O3S. The van der Waals surface area contributed by atoms with Crippen molar-refractivity contribution in [3.05, 3.63) is 35.9 Å². The number of hydrogen-bond donors (Lipinski definition) is 0. The maximum absolute atomic E-state index is 13.1. The minimum atomic E-state index is -3.61. The molecular weight excluding hydrogens is 366 g/mol. The molecule has 9 heteroatoms. The molecule has 27 heavy (non-hydrogen) atoms. The van der Waals surface area contributed by atoms with Gasteiger partial charge in [0.05, 0.1) is 7.11 Å². The van der Waals surface area contributed by atoms with Gasteiger partial charge in [-0.25, -0.2) is 8.42 Å². The molecule has 0 radical (unpaired) electrons. The van der Waals surface area contributed by atoms with Gasteiger partial charge in [0.15, 0.2) is 11.6 Å². The number of benzene rings is 1. The van der Waals surface area contributed by atoms with Gasteiger partial charge < -0.3 is 14.5 Å². The van der Waals surface area contributed by atoms with E-state index in [1.54, 1.807) is 12.1 Å². The van der Waals surface area contributed by atoms with Gasteiger partial charge in [-0.3, -0.25) is 0 Å². The average molecular weight is 391 g/mol. The van der Waals surface area contributed by atoms with Gasteiger partial charge in [0, 0.05) is 40.3 Å². The molecule has 1 fully saturated rings. The topological polar surface area (TPSA) is 78.9 Å². The second-order valence-electron chi connectivity index (χ2n) is 6.69. The quantitative estimate of drug-likeness (QED) is 0.762. The number of piperazine rings is 1. The van der Waals surface area contributed by atoms with Gasteiger partial charge in [0.2, 0.25) is 10.0 Å². The van der Waals surface area contributed by atoms with E-state index >= 15 is 0 Å². The van der Waals surface area contributed by atoms with Gasteiger partial charge in [-0.1, -0.05) is 6.07 Å². The van der Waals surface area contributed by atoms with Gasteiger partial charge in [-0.05, 0) is 36.8 Å². The molecule has 146 valence electrons. The van der Waals surface area contributed by atoms with Crippen molar-refractivity contribution in [3.63, 3.8) is 0 Å². The predicted molar refractivity (Wildman–Crippen MR) is 105 cm³/mol. The lowest BCUT2D eigenvalue weighted by Crippen LogP contribution is -2.49. The van der Waals surface area contributed by atoms with E-state index in [0.717, 1.165) is 17.2 Å². The van der Waals surface area contributed by atoms with Crippen molar-refractivity contribution in [2.24, 2.45) is 0 Å². The monoisotopic (exact) mass is 391 g/mol. The van der Waals surface area contributed by atoms with E-state index in [2.05, 4.69) is 10.2 Å². The molecule has 0 unspecified atom stereocenters. The summed E-state index contributed by atoms with van der Waals surface area (Å²) in [6, 6.07) is 9.01. The molecule has 0 spiro atoms. The van der Waals surface area contributed by atoms with Crippen molar-refractivity contribution >= 4 is 21.7 Å². The zero-order chi connectivity index (χ0) is 19.6. The number of rotatable bonds is 5. The maximum atomic E-state index is 13.1. The Kier molecular flexibility index (Phi) is 5.52. The molecule has 1 aliphatic heterocycles. The van der Waals surface area contributed by atoms with Crippen molar-refractivity contribution in [3.8, 4) is 5.75 Å². The third-order valence-corrected chi connectivity index (χ3v) is 6.51. The molecule has 2 heterocycles. The third kappa shape index (κ3) is 3.98. The van der Waals surface area contributed by atoms with Crippen LogP contribution in [0.25, 0.3) is 0 Å². The van der Waals surface area contributed by atoms with Crippen molar-refractivity contribution in [2.75, 3.05) is 57.2 Å². The van der Waals surface area contributed by atoms with Gasteiger partial charge in [0.25, 0.3) is 0 Å². The lowest BCUT2D eigenvalue weighted by molar-refractivity contribution is 0.373. The Balaban J connectivity index is 1.74. The van der Waals surface area contributed by atoms with Crippen molar-refractivity contribution < 1.29 is 13.2 Å². The van der Waals surface area contributed by atoms with Crippen LogP contribution in [0.4, 0.5) is 11.6 Å². The highest BCUT2D eigenvalue weighted by atomic mass is 32.2. The molecule has 1 saturated heterocycles. The zero-order valence-corrected chi connectivity index (χ0v) is 16.9. The van der Waals surface area contributed by atoms with Gasteiger partial charge in [0.1, 0.15) is 10.6 Å². The first-order valence-electron chi connectivity index (χ1n) is 8.73. The summed E-state index contributed by atoms with van der Waals surface area (Å²) < 4.78 is 32.9. The summed E-state index contributed by atoms with van der Waals surface area (Å²) in [5, 5.41) is 8.44. The molecule has 0 amide bonds. The number of nitrogens with zero attached hydrogens (tertiary/aromatic N) is 5. The zero-order valence-electron chi connectivity index (χ0n) is 16.1. The van der Waals surface area contributed by atoms with Crippen LogP contribution in [0.1, 0.15) is 5.56 Å². The fourth-order valence-electron chi connectivity index (χ4n) is 3.01. The largest absolute Gasteiger partial charge is 0.495 e. The van der Waals surface area contributed by atoms with E-state index in [9.17, 15) is 8.42 Å². The van der Waals surface area contributed by atoms with Crippen LogP contribution in [0, 0.1) is 6.92 Å². The SMILES string of the molecule is COc1ccc(C)cc1S(=O)(=O)N1CCN(c2ccc(N(C)C)nn2)CC1. The van der Waals surface area contributed by atoms with Crippen LogP contribution < -0.4 is 14.5 Å². The Morgan fingerprint density at radius 3 is 2.30 bits per heavy atom. The average Bonchev–Trinajstić information content (AvgIpc) is 2.68. The summed E-state index contributed by atoms with van der Waals surface area (Å²) in [5.74, 6) is 1.91. The third-order valence-electron chi connectivity index (χ3n) is 4.59. The number of aromatic nitrogens is 2. The minimum Gasteiger partial charge on any atom is -0.495 e. The normalized spacial score (nSPS) is 15.6. The molecule has 1 aromatic heterocycles. The lowest BCUT2D eigenvalue weighted by Gasteiger charge is -2.34. The van der Waals surface area contributed by atoms with Crippen molar-refractivity contribution in [1.82, 2.24) is 14.5 Å². The molecule has 2 aromatic rings. The number of aryl methyl sites for hydroxylation is 1. The predicted octanol–water partition coefficient (Wildman–Crippen LogP) is 1.37. The van der Waals surface area contributed by atoms with Crippen LogP contribution in [-0.4, -0.2) is 70.3 Å². The number of ether oxygens (including phenoxy) is 1. The number of hydrogen-bond acceptors (Lipinski definition) is 7. The van der Waals surface area contributed by atoms with Crippen LogP contribution in [0.2, 0.25) is 0 Å². The summed E-state index contributed by atoms with van der Waals surface area (Å²) >= 11 is 0. The van der Waals surface area contributed by atoms with E-state index in [0.29, 0.717) is 31.9 Å². The summed E-state index contributed by atoms with van der Waals surface area (Å²) in [5.41, 5.74) is 0.879. The molecule has 0 atom stereocenters. The Hall–Kier alpha value is -2.39. The van der Waals surface area contributed by atoms with Crippen LogP contribution in [0.15, 0.2) is 35.2 Å². The number of methoxy groups -OCH3 is 1. The number of anilines is 2. The van der Waals surface area contributed by atoms with Crippen LogP contribution in [-0.2, 0) is 10.0 Å². The van der Waals surface area contributed by atoms with Crippen molar-refractivity contribution in [1.29, 1.82) is 0 Å². The van der Waals surface area contributed by atoms with Crippen LogP contribution in [0.3, 0.4) is 0 Å². The second kappa shape index (κ2) is 7.69. The Morgan fingerprint density at radius 2 is 1.74 bits per heavy atom. The Bertz CT molecular complexity index is 892. The molecule has 0 saturated carbocycles. The lowest BCUT2D eigenvalue weighted by atomic mass is 10.2. The first-order valence-corrected chi connectivity index (χ1v) is 10.2. The highest BCUT2D eigenvalue weighted by Gasteiger charge is 2.31. The highest BCUT2D eigenvalue weighted by molar-refractivity contribution is 7.89. The van der Waals surface area contributed by atoms with E-state index < -0.39 is 10.0 Å². The van der Waals surface area contributed by atoms with Gasteiger partial charge in [-0.15, -0.1) is 10.2 Å². The molecule has 0 aliphatic carbocycles. The molecule has 1 aromatic carbocycles. The molecule has 3 rings (SSSR count). The fraction of sp³-hybridized carbons (Fsp3) is 0.444. The van der Waals surface area contributed by atoms with Gasteiger partial charge >= 0.3 is 0 Å². The maximum Gasteiger partial charge on any atom is 0.246 e. The summed E-state index contributed by atoms with van der Waals surface area (Å²) in [4.78, 5) is 4.15. The number of sulfonamides is 1. The molecule has 1 aliphatic rings. The molecule has 0 bridgehead atoms. The second-order valence-corrected chi connectivity index (χ2v) is 8.60. The smallest absolute Gasteiger partial charge is 0.246 e. The minimum absolute atomic E-state index is 0.216. The first kappa shape index (κ1) is 19.4. The van der Waals surface area contributed by atoms with E-state index in [1.807, 2.05) is 49.0 Å². The standard InChI is InChI=1S/C18H25N5O3S/c1-14-5-6-15(26-4)16(13-14)27(24,25)23-11-9-22(10-12-23)18-8-7-17(19-20-18)21(2)3/h5-8,13H,9-12H2,1-4H3. The van der Waals surface area contributed by atoms with Crippen LogP contribution in [0.5, 0.6) is 5.75 Å². The summed E-state index contributed by atoms with van der Waals surface area (Å²) in [6.07, 6.45) is 0. The van der Waals surface area contributed by atoms with Crippen LogP contribution >= 0.6 is 0 Å². The molecule has 0 N–H and O–H groups in total. The first-order chi connectivity index (χ1) is 12.8. The Labute approximate surface area is 160 Å². The van der Waals surface area contributed by atoms with E-state index in [-0.39, 0.29) is 4.90 Å². The fourth-order valence-corrected chi connectivity index (χ4v) is 4.67. The molecule has 8 nitrogen and oxygen atoms in total. The highest BCUT2D eigenvalue weighted by Crippen LogP contribution is 2.28. The Morgan fingerprint density at radius 1 is 1.04 bits per heavy atom. The van der Waals surface area contributed by atoms with E-state index in [1.165, 1.54) is 11.4 Å². The summed E-state index contributed by atoms with van der Waals surface area (Å²) in [7, 11) is 1.69. The van der Waals surface area contributed by atoms with Crippen molar-refractivity contribution in [2.45, 2.75) is 11.8 Å². The van der Waals surface area contributed by atoms with Gasteiger partial charge in [-0.2, -0.15) is 4.31 Å². The summed E-state index contributed by atoms with van der Waals surface area (Å²) in [6.45, 7) is 3.76. The van der Waals surface area contributed by atoms with E-state index in [4.69, 9.17) is 4.74 Å².